The van der Waals surface area contributed by atoms with Crippen LogP contribution in [-0.2, 0) is 24.2 Å². The van der Waals surface area contributed by atoms with Gasteiger partial charge in [-0.3, -0.25) is 0 Å². The summed E-state index contributed by atoms with van der Waals surface area (Å²) in [6.07, 6.45) is 9.21. The monoisotopic (exact) mass is 285 g/mol. The van der Waals surface area contributed by atoms with Gasteiger partial charge >= 0.3 is 0 Å². The molecule has 1 saturated heterocycles. The molecule has 2 nitrogen and oxygen atoms in total. The van der Waals surface area contributed by atoms with Crippen LogP contribution in [0.15, 0.2) is 0 Å². The molecule has 1 N–H and O–H groups in total. The molecule has 14 heavy (non-hydrogen) atoms. The summed E-state index contributed by atoms with van der Waals surface area (Å²) in [6.45, 7) is 2.45. The summed E-state index contributed by atoms with van der Waals surface area (Å²) in [5.41, 5.74) is 0.674. The smallest absolute Gasteiger partial charge is 0 e. The second-order valence-electron chi connectivity index (χ2n) is 4.49. The van der Waals surface area contributed by atoms with E-state index in [4.69, 9.17) is 4.74 Å². The summed E-state index contributed by atoms with van der Waals surface area (Å²) in [7, 11) is 1.82. The number of hydrogen-bond acceptors (Lipinski definition) is 2. The first-order valence-corrected chi connectivity index (χ1v) is 5.44. The Morgan fingerprint density at radius 1 is 1.07 bits per heavy atom. The van der Waals surface area contributed by atoms with Gasteiger partial charge in [-0.1, -0.05) is 12.8 Å². The summed E-state index contributed by atoms with van der Waals surface area (Å²) in [6, 6.07) is 0. The third kappa shape index (κ3) is 2.77. The minimum atomic E-state index is 0. The van der Waals surface area contributed by atoms with Crippen LogP contribution in [0.25, 0.3) is 0 Å². The Balaban J connectivity index is 0.000000980. The summed E-state index contributed by atoms with van der Waals surface area (Å²) in [5, 5.41) is 3.44. The van der Waals surface area contributed by atoms with Crippen molar-refractivity contribution in [2.75, 3.05) is 20.2 Å². The van der Waals surface area contributed by atoms with Crippen molar-refractivity contribution in [3.05, 3.63) is 6.10 Å². The van der Waals surface area contributed by atoms with Gasteiger partial charge in [-0.2, -0.15) is 18.9 Å². The Hall–Kier alpha value is 0.543. The molecule has 1 radical (unpaired) electrons. The number of nitrogens with one attached hydrogen (secondary N) is 1. The Morgan fingerprint density at radius 2 is 1.64 bits per heavy atom. The van der Waals surface area contributed by atoms with E-state index in [9.17, 15) is 0 Å². The molecular weight excluding hydrogens is 265 g/mol. The molecule has 1 heterocycles. The maximum Gasteiger partial charge on any atom is 0 e. The molecule has 1 saturated carbocycles. The van der Waals surface area contributed by atoms with E-state index in [1.54, 1.807) is 0 Å². The molecule has 0 atom stereocenters. The second-order valence-corrected chi connectivity index (χ2v) is 4.49. The van der Waals surface area contributed by atoms with Crippen molar-refractivity contribution in [3.63, 3.8) is 0 Å². The van der Waals surface area contributed by atoms with E-state index in [-0.39, 0.29) is 19.5 Å². The van der Waals surface area contributed by atoms with Crippen molar-refractivity contribution < 1.29 is 24.2 Å². The molecule has 3 heteroatoms. The van der Waals surface area contributed by atoms with E-state index in [0.29, 0.717) is 5.41 Å². The minimum Gasteiger partial charge on any atom is -0.551 e. The van der Waals surface area contributed by atoms with Crippen molar-refractivity contribution in [1.29, 1.82) is 0 Å². The van der Waals surface area contributed by atoms with Crippen LogP contribution < -0.4 is 5.32 Å². The average Bonchev–Trinajstić information content (AvgIpc) is 2.20. The fourth-order valence-electron chi connectivity index (χ4n) is 2.72. The molecule has 1 aliphatic heterocycles. The Bertz CT molecular complexity index is 159. The molecular formula is C11H20NORh-. The average molecular weight is 285 g/mol. The van der Waals surface area contributed by atoms with E-state index in [1.165, 1.54) is 57.7 Å². The van der Waals surface area contributed by atoms with Crippen LogP contribution in [-0.4, -0.2) is 20.2 Å². The molecule has 0 aromatic rings. The number of methoxy groups -OCH3 is 1. The predicted octanol–water partition coefficient (Wildman–Crippen LogP) is 2.11. The maximum atomic E-state index is 5.33. The molecule has 0 bridgehead atoms. The summed E-state index contributed by atoms with van der Waals surface area (Å²) in [5.74, 6) is 0. The van der Waals surface area contributed by atoms with Gasteiger partial charge in [-0.25, -0.2) is 0 Å². The van der Waals surface area contributed by atoms with Crippen LogP contribution in [0.3, 0.4) is 0 Å². The van der Waals surface area contributed by atoms with Gasteiger partial charge in [-0.15, -0.1) is 0 Å². The second kappa shape index (κ2) is 5.58. The molecule has 0 aromatic heterocycles. The molecule has 0 aromatic carbocycles. The zero-order valence-electron chi connectivity index (χ0n) is 8.90. The number of ether oxygens (including phenoxy) is 1. The SMILES string of the molecule is CO[C-]1CCC2(CCNCC2)CC1.[Rh]. The zero-order valence-corrected chi connectivity index (χ0v) is 10.5. The van der Waals surface area contributed by atoms with Gasteiger partial charge in [0.1, 0.15) is 0 Å². The van der Waals surface area contributed by atoms with Gasteiger partial charge in [0.2, 0.25) is 0 Å². The van der Waals surface area contributed by atoms with E-state index >= 15 is 0 Å². The summed E-state index contributed by atoms with van der Waals surface area (Å²) in [4.78, 5) is 0. The fourth-order valence-corrected chi connectivity index (χ4v) is 2.72. The molecule has 2 fully saturated rings. The van der Waals surface area contributed by atoms with Gasteiger partial charge in [0.25, 0.3) is 0 Å². The first kappa shape index (κ1) is 12.6. The topological polar surface area (TPSA) is 21.3 Å². The van der Waals surface area contributed by atoms with E-state index in [0.717, 1.165) is 0 Å². The normalized spacial score (nSPS) is 27.2. The van der Waals surface area contributed by atoms with Crippen LogP contribution in [0.2, 0.25) is 0 Å². The Morgan fingerprint density at radius 3 is 2.14 bits per heavy atom. The third-order valence-corrected chi connectivity index (χ3v) is 3.82. The van der Waals surface area contributed by atoms with Crippen LogP contribution in [0, 0.1) is 11.5 Å². The minimum absolute atomic E-state index is 0. The van der Waals surface area contributed by atoms with Crippen molar-refractivity contribution >= 4 is 0 Å². The predicted molar refractivity (Wildman–Crippen MR) is 53.3 cm³/mol. The Labute approximate surface area is 99.9 Å². The molecule has 0 unspecified atom stereocenters. The molecule has 2 rings (SSSR count). The van der Waals surface area contributed by atoms with Gasteiger partial charge in [0, 0.05) is 19.5 Å². The van der Waals surface area contributed by atoms with Crippen LogP contribution in [0.5, 0.6) is 0 Å². The van der Waals surface area contributed by atoms with Crippen molar-refractivity contribution in [2.24, 2.45) is 5.41 Å². The first-order valence-electron chi connectivity index (χ1n) is 5.44. The quantitative estimate of drug-likeness (QED) is 0.588. The molecule has 1 spiro atoms. The van der Waals surface area contributed by atoms with E-state index < -0.39 is 0 Å². The van der Waals surface area contributed by atoms with Crippen LogP contribution in [0.1, 0.15) is 38.5 Å². The van der Waals surface area contributed by atoms with Crippen LogP contribution in [0.4, 0.5) is 0 Å². The third-order valence-electron chi connectivity index (χ3n) is 3.82. The number of piperidine rings is 1. The maximum absolute atomic E-state index is 5.33. The summed E-state index contributed by atoms with van der Waals surface area (Å²) >= 11 is 0. The van der Waals surface area contributed by atoms with Gasteiger partial charge in [0.15, 0.2) is 0 Å². The molecule has 1 aliphatic carbocycles. The first-order chi connectivity index (χ1) is 6.35. The molecule has 0 amide bonds. The van der Waals surface area contributed by atoms with Crippen LogP contribution >= 0.6 is 0 Å². The number of hydrogen-bond donors (Lipinski definition) is 1. The fraction of sp³-hybridized carbons (Fsp3) is 0.909. The summed E-state index contributed by atoms with van der Waals surface area (Å²) < 4.78 is 5.33. The zero-order chi connectivity index (χ0) is 9.15. The standard InChI is InChI=1S/C11H20NO.Rh/c1-13-10-2-4-11(5-3-10)6-8-12-9-7-11;/h12H,2-9H2,1H3;/q-1;. The van der Waals surface area contributed by atoms with Crippen molar-refractivity contribution in [3.8, 4) is 0 Å². The Kier molecular flexibility index (Phi) is 5.03. The van der Waals surface area contributed by atoms with Crippen molar-refractivity contribution in [2.45, 2.75) is 38.5 Å². The molecule has 85 valence electrons. The largest absolute Gasteiger partial charge is 0.551 e. The van der Waals surface area contributed by atoms with E-state index in [2.05, 4.69) is 5.32 Å². The van der Waals surface area contributed by atoms with Crippen molar-refractivity contribution in [1.82, 2.24) is 5.32 Å². The van der Waals surface area contributed by atoms with E-state index in [1.807, 2.05) is 7.11 Å². The van der Waals surface area contributed by atoms with Gasteiger partial charge in [0.05, 0.1) is 0 Å². The van der Waals surface area contributed by atoms with Gasteiger partial charge < -0.3 is 10.1 Å². The van der Waals surface area contributed by atoms with Gasteiger partial charge in [-0.05, 0) is 38.5 Å². The molecule has 2 aliphatic rings. The number of rotatable bonds is 1.